The standard InChI is InChI=1S/C9H13F3N4/c1-8(13,9(10,11)12)7-15-14-6-4-2-3-5-16(6)7/h2-5,13H2,1H3. The third kappa shape index (κ3) is 1.59. The van der Waals surface area contributed by atoms with E-state index < -0.39 is 11.7 Å². The molecule has 0 aromatic carbocycles. The van der Waals surface area contributed by atoms with Crippen LogP contribution in [-0.4, -0.2) is 20.9 Å². The molecule has 7 heteroatoms. The van der Waals surface area contributed by atoms with Crippen molar-refractivity contribution in [1.82, 2.24) is 14.8 Å². The van der Waals surface area contributed by atoms with Crippen molar-refractivity contribution in [2.45, 2.75) is 44.4 Å². The first kappa shape index (κ1) is 11.4. The van der Waals surface area contributed by atoms with Crippen molar-refractivity contribution in [1.29, 1.82) is 0 Å². The van der Waals surface area contributed by atoms with Crippen LogP contribution in [0.5, 0.6) is 0 Å². The molecule has 2 heterocycles. The van der Waals surface area contributed by atoms with Crippen LogP contribution in [-0.2, 0) is 18.5 Å². The van der Waals surface area contributed by atoms with Gasteiger partial charge < -0.3 is 10.3 Å². The topological polar surface area (TPSA) is 56.7 Å². The Morgan fingerprint density at radius 3 is 2.56 bits per heavy atom. The van der Waals surface area contributed by atoms with Crippen LogP contribution in [0, 0.1) is 0 Å². The number of halogens is 3. The maximum Gasteiger partial charge on any atom is 0.413 e. The summed E-state index contributed by atoms with van der Waals surface area (Å²) in [6, 6.07) is 0. The number of aryl methyl sites for hydroxylation is 1. The van der Waals surface area contributed by atoms with Crippen LogP contribution in [0.2, 0.25) is 0 Å². The minimum atomic E-state index is -4.52. The van der Waals surface area contributed by atoms with Crippen LogP contribution >= 0.6 is 0 Å². The minimum Gasteiger partial charge on any atom is -0.313 e. The molecule has 1 aromatic rings. The van der Waals surface area contributed by atoms with Crippen LogP contribution in [0.25, 0.3) is 0 Å². The lowest BCUT2D eigenvalue weighted by Crippen LogP contribution is -2.49. The summed E-state index contributed by atoms with van der Waals surface area (Å²) in [5, 5.41) is 7.37. The van der Waals surface area contributed by atoms with Crippen molar-refractivity contribution in [3.63, 3.8) is 0 Å². The first-order valence-electron chi connectivity index (χ1n) is 5.12. The van der Waals surface area contributed by atoms with Gasteiger partial charge in [-0.25, -0.2) is 0 Å². The number of aromatic nitrogens is 3. The smallest absolute Gasteiger partial charge is 0.313 e. The molecule has 2 N–H and O–H groups in total. The second kappa shape index (κ2) is 3.44. The molecule has 0 bridgehead atoms. The monoisotopic (exact) mass is 234 g/mol. The Morgan fingerprint density at radius 2 is 1.94 bits per heavy atom. The Balaban J connectivity index is 2.45. The Labute approximate surface area is 90.6 Å². The lowest BCUT2D eigenvalue weighted by Gasteiger charge is -2.28. The molecule has 0 aliphatic carbocycles. The molecular formula is C9H13F3N4. The van der Waals surface area contributed by atoms with Crippen molar-refractivity contribution in [2.75, 3.05) is 0 Å². The summed E-state index contributed by atoms with van der Waals surface area (Å²) in [4.78, 5) is 0. The van der Waals surface area contributed by atoms with E-state index in [-0.39, 0.29) is 5.82 Å². The molecule has 1 aliphatic heterocycles. The van der Waals surface area contributed by atoms with Gasteiger partial charge in [0.15, 0.2) is 11.4 Å². The quantitative estimate of drug-likeness (QED) is 0.798. The van der Waals surface area contributed by atoms with E-state index >= 15 is 0 Å². The Morgan fingerprint density at radius 1 is 1.25 bits per heavy atom. The molecule has 1 aromatic heterocycles. The van der Waals surface area contributed by atoms with E-state index in [0.29, 0.717) is 18.8 Å². The molecule has 1 unspecified atom stereocenters. The Bertz CT molecular complexity index is 394. The summed E-state index contributed by atoms with van der Waals surface area (Å²) in [5.41, 5.74) is 2.90. The minimum absolute atomic E-state index is 0.185. The Hall–Kier alpha value is -1.11. The Kier molecular flexibility index (Phi) is 2.45. The zero-order valence-electron chi connectivity index (χ0n) is 8.88. The van der Waals surface area contributed by atoms with Gasteiger partial charge in [-0.3, -0.25) is 0 Å². The molecule has 2 rings (SSSR count). The molecule has 0 radical (unpaired) electrons. The van der Waals surface area contributed by atoms with Crippen LogP contribution in [0.1, 0.15) is 31.4 Å². The highest BCUT2D eigenvalue weighted by atomic mass is 19.4. The molecule has 0 saturated carbocycles. The summed E-state index contributed by atoms with van der Waals surface area (Å²) in [7, 11) is 0. The summed E-state index contributed by atoms with van der Waals surface area (Å²) >= 11 is 0. The van der Waals surface area contributed by atoms with Crippen LogP contribution in [0.3, 0.4) is 0 Å². The fraction of sp³-hybridized carbons (Fsp3) is 0.778. The molecule has 90 valence electrons. The molecule has 1 atom stereocenters. The maximum absolute atomic E-state index is 12.8. The average molecular weight is 234 g/mol. The fourth-order valence-electron chi connectivity index (χ4n) is 1.82. The summed E-state index contributed by atoms with van der Waals surface area (Å²) in [6.45, 7) is 1.44. The van der Waals surface area contributed by atoms with Gasteiger partial charge in [0.1, 0.15) is 5.82 Å². The van der Waals surface area contributed by atoms with E-state index in [4.69, 9.17) is 5.73 Å². The first-order valence-corrected chi connectivity index (χ1v) is 5.12. The van der Waals surface area contributed by atoms with Crippen molar-refractivity contribution < 1.29 is 13.2 Å². The fourth-order valence-corrected chi connectivity index (χ4v) is 1.82. The third-order valence-corrected chi connectivity index (χ3v) is 2.91. The molecule has 0 amide bonds. The van der Waals surface area contributed by atoms with E-state index in [1.807, 2.05) is 0 Å². The number of hydrogen-bond donors (Lipinski definition) is 1. The second-order valence-corrected chi connectivity index (χ2v) is 4.25. The van der Waals surface area contributed by atoms with E-state index in [0.717, 1.165) is 19.8 Å². The number of rotatable bonds is 1. The summed E-state index contributed by atoms with van der Waals surface area (Å²) < 4.78 is 39.8. The highest BCUT2D eigenvalue weighted by Crippen LogP contribution is 2.36. The van der Waals surface area contributed by atoms with Gasteiger partial charge in [0.05, 0.1) is 0 Å². The maximum atomic E-state index is 12.8. The molecule has 0 fully saturated rings. The molecule has 16 heavy (non-hydrogen) atoms. The first-order chi connectivity index (χ1) is 7.34. The van der Waals surface area contributed by atoms with Crippen molar-refractivity contribution >= 4 is 0 Å². The second-order valence-electron chi connectivity index (χ2n) is 4.25. The van der Waals surface area contributed by atoms with Gasteiger partial charge in [-0.05, 0) is 19.8 Å². The third-order valence-electron chi connectivity index (χ3n) is 2.91. The van der Waals surface area contributed by atoms with E-state index in [2.05, 4.69) is 10.2 Å². The molecule has 1 aliphatic rings. The summed E-state index contributed by atoms with van der Waals surface area (Å²) in [6.07, 6.45) is -2.08. The molecule has 0 spiro atoms. The van der Waals surface area contributed by atoms with Gasteiger partial charge in [-0.15, -0.1) is 10.2 Å². The normalized spacial score (nSPS) is 20.3. The number of fused-ring (bicyclic) bond motifs is 1. The van der Waals surface area contributed by atoms with Gasteiger partial charge >= 0.3 is 6.18 Å². The highest BCUT2D eigenvalue weighted by Gasteiger charge is 2.53. The SMILES string of the molecule is CC(N)(c1nnc2n1CCCC2)C(F)(F)F. The lowest BCUT2D eigenvalue weighted by atomic mass is 10.0. The predicted molar refractivity (Wildman–Crippen MR) is 50.6 cm³/mol. The summed E-state index contributed by atoms with van der Waals surface area (Å²) in [5.74, 6) is 0.414. The van der Waals surface area contributed by atoms with Gasteiger partial charge in [0, 0.05) is 13.0 Å². The number of nitrogens with two attached hydrogens (primary N) is 1. The van der Waals surface area contributed by atoms with Crippen molar-refractivity contribution in [3.8, 4) is 0 Å². The molecule has 4 nitrogen and oxygen atoms in total. The number of nitrogens with zero attached hydrogens (tertiary/aromatic N) is 3. The average Bonchev–Trinajstić information content (AvgIpc) is 2.59. The van der Waals surface area contributed by atoms with E-state index in [9.17, 15) is 13.2 Å². The van der Waals surface area contributed by atoms with Gasteiger partial charge in [-0.1, -0.05) is 0 Å². The van der Waals surface area contributed by atoms with Crippen LogP contribution in [0.15, 0.2) is 0 Å². The van der Waals surface area contributed by atoms with Crippen LogP contribution in [0.4, 0.5) is 13.2 Å². The highest BCUT2D eigenvalue weighted by molar-refractivity contribution is 5.11. The lowest BCUT2D eigenvalue weighted by molar-refractivity contribution is -0.187. The zero-order valence-corrected chi connectivity index (χ0v) is 8.88. The number of alkyl halides is 3. The van der Waals surface area contributed by atoms with Gasteiger partial charge in [-0.2, -0.15) is 13.2 Å². The van der Waals surface area contributed by atoms with Gasteiger partial charge in [0.2, 0.25) is 0 Å². The zero-order chi connectivity index (χ0) is 12.0. The largest absolute Gasteiger partial charge is 0.413 e. The van der Waals surface area contributed by atoms with Crippen molar-refractivity contribution in [2.24, 2.45) is 5.73 Å². The van der Waals surface area contributed by atoms with Gasteiger partial charge in [0.25, 0.3) is 0 Å². The molecular weight excluding hydrogens is 221 g/mol. The van der Waals surface area contributed by atoms with Crippen LogP contribution < -0.4 is 5.73 Å². The number of hydrogen-bond acceptors (Lipinski definition) is 3. The van der Waals surface area contributed by atoms with E-state index in [1.54, 1.807) is 0 Å². The van der Waals surface area contributed by atoms with Crippen molar-refractivity contribution in [3.05, 3.63) is 11.6 Å². The predicted octanol–water partition coefficient (Wildman–Crippen LogP) is 1.35. The molecule has 0 saturated heterocycles. The van der Waals surface area contributed by atoms with E-state index in [1.165, 1.54) is 4.57 Å².